The molecule has 0 radical (unpaired) electrons. The minimum absolute atomic E-state index is 0.0113. The topological polar surface area (TPSA) is 81.7 Å². The van der Waals surface area contributed by atoms with Crippen molar-refractivity contribution < 1.29 is 23.9 Å². The van der Waals surface area contributed by atoms with Crippen LogP contribution in [0.1, 0.15) is 42.1 Å². The predicted molar refractivity (Wildman–Crippen MR) is 101 cm³/mol. The third-order valence-corrected chi connectivity index (χ3v) is 3.89. The van der Waals surface area contributed by atoms with Gasteiger partial charge in [0.05, 0.1) is 18.6 Å². The van der Waals surface area contributed by atoms with Crippen LogP contribution in [0.3, 0.4) is 0 Å². The molecule has 0 heterocycles. The van der Waals surface area contributed by atoms with Crippen LogP contribution in [-0.2, 0) is 19.1 Å². The standard InChI is InChI=1S/C21H23NO5/c1-3-26-21(25)17-9-11-18(12-10-17)22-19(23)14-27-20(24)13-15(2)16-7-5-4-6-8-16/h4-12,15H,3,13-14H2,1-2H3,(H,22,23). The first-order valence-electron chi connectivity index (χ1n) is 8.77. The first-order valence-corrected chi connectivity index (χ1v) is 8.77. The van der Waals surface area contributed by atoms with Gasteiger partial charge in [0.2, 0.25) is 0 Å². The molecule has 0 aromatic heterocycles. The Morgan fingerprint density at radius 2 is 1.63 bits per heavy atom. The molecule has 0 saturated carbocycles. The second-order valence-corrected chi connectivity index (χ2v) is 6.02. The van der Waals surface area contributed by atoms with Gasteiger partial charge in [0.25, 0.3) is 5.91 Å². The van der Waals surface area contributed by atoms with Gasteiger partial charge in [-0.1, -0.05) is 37.3 Å². The first kappa shape index (κ1) is 20.2. The van der Waals surface area contributed by atoms with Crippen LogP contribution in [0.2, 0.25) is 0 Å². The summed E-state index contributed by atoms with van der Waals surface area (Å²) in [5.41, 5.74) is 1.94. The van der Waals surface area contributed by atoms with E-state index >= 15 is 0 Å². The third-order valence-electron chi connectivity index (χ3n) is 3.89. The molecule has 0 saturated heterocycles. The Balaban J connectivity index is 1.77. The molecule has 0 bridgehead atoms. The zero-order valence-corrected chi connectivity index (χ0v) is 15.4. The number of esters is 2. The van der Waals surface area contributed by atoms with Gasteiger partial charge in [0.1, 0.15) is 0 Å². The Labute approximate surface area is 158 Å². The van der Waals surface area contributed by atoms with Crippen molar-refractivity contribution in [2.45, 2.75) is 26.2 Å². The largest absolute Gasteiger partial charge is 0.462 e. The van der Waals surface area contributed by atoms with E-state index in [1.807, 2.05) is 37.3 Å². The van der Waals surface area contributed by atoms with Crippen LogP contribution in [0.5, 0.6) is 0 Å². The highest BCUT2D eigenvalue weighted by Gasteiger charge is 2.14. The van der Waals surface area contributed by atoms with E-state index in [4.69, 9.17) is 9.47 Å². The molecular formula is C21H23NO5. The molecule has 6 nitrogen and oxygen atoms in total. The van der Waals surface area contributed by atoms with Crippen molar-refractivity contribution in [3.05, 3.63) is 65.7 Å². The number of hydrogen-bond donors (Lipinski definition) is 1. The number of ether oxygens (including phenoxy) is 2. The maximum atomic E-state index is 11.9. The Bertz CT molecular complexity index is 771. The van der Waals surface area contributed by atoms with Gasteiger partial charge in [-0.3, -0.25) is 9.59 Å². The Kier molecular flexibility index (Phi) is 7.55. The number of carbonyl (C=O) groups is 3. The normalized spacial score (nSPS) is 11.3. The van der Waals surface area contributed by atoms with Gasteiger partial charge in [-0.05, 0) is 42.7 Å². The molecule has 2 rings (SSSR count). The van der Waals surface area contributed by atoms with E-state index in [-0.39, 0.29) is 18.9 Å². The van der Waals surface area contributed by atoms with E-state index in [1.165, 1.54) is 0 Å². The van der Waals surface area contributed by atoms with E-state index in [2.05, 4.69) is 5.32 Å². The fourth-order valence-corrected chi connectivity index (χ4v) is 2.46. The van der Waals surface area contributed by atoms with Crippen molar-refractivity contribution in [2.75, 3.05) is 18.5 Å². The van der Waals surface area contributed by atoms with Crippen molar-refractivity contribution in [1.82, 2.24) is 0 Å². The number of hydrogen-bond acceptors (Lipinski definition) is 5. The number of carbonyl (C=O) groups excluding carboxylic acids is 3. The molecule has 0 aliphatic carbocycles. The minimum Gasteiger partial charge on any atom is -0.462 e. The maximum absolute atomic E-state index is 11.9. The average molecular weight is 369 g/mol. The SMILES string of the molecule is CCOC(=O)c1ccc(NC(=O)COC(=O)CC(C)c2ccccc2)cc1. The number of nitrogens with one attached hydrogen (secondary N) is 1. The number of benzene rings is 2. The summed E-state index contributed by atoms with van der Waals surface area (Å²) in [6.45, 7) is 3.60. The van der Waals surface area contributed by atoms with Gasteiger partial charge in [-0.15, -0.1) is 0 Å². The van der Waals surface area contributed by atoms with Gasteiger partial charge in [0, 0.05) is 5.69 Å². The van der Waals surface area contributed by atoms with Gasteiger partial charge < -0.3 is 14.8 Å². The molecule has 0 aliphatic heterocycles. The lowest BCUT2D eigenvalue weighted by Gasteiger charge is -2.11. The van der Waals surface area contributed by atoms with Crippen LogP contribution in [0.4, 0.5) is 5.69 Å². The maximum Gasteiger partial charge on any atom is 0.338 e. The Hall–Kier alpha value is -3.15. The Morgan fingerprint density at radius 1 is 0.963 bits per heavy atom. The monoisotopic (exact) mass is 369 g/mol. The molecule has 0 aliphatic rings. The molecule has 6 heteroatoms. The van der Waals surface area contributed by atoms with Crippen molar-refractivity contribution in [1.29, 1.82) is 0 Å². The summed E-state index contributed by atoms with van der Waals surface area (Å²) < 4.78 is 9.93. The van der Waals surface area contributed by atoms with Crippen molar-refractivity contribution in [3.63, 3.8) is 0 Å². The first-order chi connectivity index (χ1) is 13.0. The summed E-state index contributed by atoms with van der Waals surface area (Å²) in [5, 5.41) is 2.61. The smallest absolute Gasteiger partial charge is 0.338 e. The van der Waals surface area contributed by atoms with Crippen LogP contribution in [0, 0.1) is 0 Å². The second kappa shape index (κ2) is 10.1. The van der Waals surface area contributed by atoms with Crippen LogP contribution < -0.4 is 5.32 Å². The molecule has 27 heavy (non-hydrogen) atoms. The lowest BCUT2D eigenvalue weighted by molar-refractivity contribution is -0.147. The summed E-state index contributed by atoms with van der Waals surface area (Å²) in [6, 6.07) is 15.9. The molecular weight excluding hydrogens is 346 g/mol. The lowest BCUT2D eigenvalue weighted by Crippen LogP contribution is -2.21. The fraction of sp³-hybridized carbons (Fsp3) is 0.286. The van der Waals surface area contributed by atoms with E-state index in [1.54, 1.807) is 31.2 Å². The molecule has 2 aromatic carbocycles. The second-order valence-electron chi connectivity index (χ2n) is 6.02. The molecule has 142 valence electrons. The highest BCUT2D eigenvalue weighted by atomic mass is 16.5. The average Bonchev–Trinajstić information content (AvgIpc) is 2.68. The molecule has 1 unspecified atom stereocenters. The highest BCUT2D eigenvalue weighted by molar-refractivity contribution is 5.94. The van der Waals surface area contributed by atoms with Crippen LogP contribution in [0.15, 0.2) is 54.6 Å². The van der Waals surface area contributed by atoms with Gasteiger partial charge >= 0.3 is 11.9 Å². The zero-order chi connectivity index (χ0) is 19.6. The van der Waals surface area contributed by atoms with Crippen molar-refractivity contribution in [2.24, 2.45) is 0 Å². The van der Waals surface area contributed by atoms with Gasteiger partial charge in [0.15, 0.2) is 6.61 Å². The minimum atomic E-state index is -0.445. The zero-order valence-electron chi connectivity index (χ0n) is 15.4. The third kappa shape index (κ3) is 6.58. The summed E-state index contributed by atoms with van der Waals surface area (Å²) >= 11 is 0. The number of amides is 1. The van der Waals surface area contributed by atoms with E-state index < -0.39 is 17.8 Å². The summed E-state index contributed by atoms with van der Waals surface area (Å²) in [5.74, 6) is -1.28. The van der Waals surface area contributed by atoms with Crippen molar-refractivity contribution in [3.8, 4) is 0 Å². The molecule has 1 amide bonds. The van der Waals surface area contributed by atoms with Gasteiger partial charge in [-0.25, -0.2) is 4.79 Å². The van der Waals surface area contributed by atoms with Crippen molar-refractivity contribution >= 4 is 23.5 Å². The molecule has 0 spiro atoms. The summed E-state index contributed by atoms with van der Waals surface area (Å²) in [4.78, 5) is 35.4. The van der Waals surface area contributed by atoms with Crippen LogP contribution in [-0.4, -0.2) is 31.1 Å². The van der Waals surface area contributed by atoms with Crippen LogP contribution in [0.25, 0.3) is 0 Å². The molecule has 1 N–H and O–H groups in total. The quantitative estimate of drug-likeness (QED) is 0.720. The molecule has 0 fully saturated rings. The van der Waals surface area contributed by atoms with E-state index in [0.717, 1.165) is 5.56 Å². The molecule has 2 aromatic rings. The summed E-state index contributed by atoms with van der Waals surface area (Å²) in [6.07, 6.45) is 0.200. The number of rotatable bonds is 8. The van der Waals surface area contributed by atoms with E-state index in [0.29, 0.717) is 17.9 Å². The Morgan fingerprint density at radius 3 is 2.26 bits per heavy atom. The van der Waals surface area contributed by atoms with E-state index in [9.17, 15) is 14.4 Å². The lowest BCUT2D eigenvalue weighted by atomic mass is 9.98. The fourth-order valence-electron chi connectivity index (χ4n) is 2.46. The summed E-state index contributed by atoms with van der Waals surface area (Å²) in [7, 11) is 0. The van der Waals surface area contributed by atoms with Crippen LogP contribution >= 0.6 is 0 Å². The molecule has 1 atom stereocenters. The highest BCUT2D eigenvalue weighted by Crippen LogP contribution is 2.18. The predicted octanol–water partition coefficient (Wildman–Crippen LogP) is 3.54. The number of anilines is 1. The van der Waals surface area contributed by atoms with Gasteiger partial charge in [-0.2, -0.15) is 0 Å².